The molecule has 1 heterocycles. The van der Waals surface area contributed by atoms with Gasteiger partial charge >= 0.3 is 6.09 Å². The summed E-state index contributed by atoms with van der Waals surface area (Å²) in [6.07, 6.45) is 2.23. The van der Waals surface area contributed by atoms with Gasteiger partial charge in [-0.1, -0.05) is 0 Å². The molecule has 0 aromatic rings. The Balaban J connectivity index is 1.91. The SMILES string of the molecule is CC(C)(C)N(C(=O)O)C1CCC(C(=O)N2CCOCC2)CC1. The summed E-state index contributed by atoms with van der Waals surface area (Å²) in [6.45, 7) is 8.38. The predicted molar refractivity (Wildman–Crippen MR) is 82.8 cm³/mol. The van der Waals surface area contributed by atoms with Gasteiger partial charge in [0.1, 0.15) is 0 Å². The van der Waals surface area contributed by atoms with Gasteiger partial charge in [0.05, 0.1) is 13.2 Å². The minimum atomic E-state index is -0.865. The lowest BCUT2D eigenvalue weighted by Gasteiger charge is -2.43. The molecule has 1 aliphatic heterocycles. The number of amides is 2. The summed E-state index contributed by atoms with van der Waals surface area (Å²) in [4.78, 5) is 27.5. The lowest BCUT2D eigenvalue weighted by Crippen LogP contribution is -2.53. The van der Waals surface area contributed by atoms with Crippen LogP contribution in [0, 0.1) is 5.92 Å². The Morgan fingerprint density at radius 1 is 1.09 bits per heavy atom. The maximum absolute atomic E-state index is 12.5. The quantitative estimate of drug-likeness (QED) is 0.848. The van der Waals surface area contributed by atoms with Crippen molar-refractivity contribution in [3.63, 3.8) is 0 Å². The number of ether oxygens (including phenoxy) is 1. The molecule has 126 valence electrons. The molecule has 0 spiro atoms. The highest BCUT2D eigenvalue weighted by Crippen LogP contribution is 2.32. The molecule has 1 saturated carbocycles. The van der Waals surface area contributed by atoms with Gasteiger partial charge in [0.15, 0.2) is 0 Å². The normalized spacial score (nSPS) is 26.6. The van der Waals surface area contributed by atoms with Crippen LogP contribution in [0.1, 0.15) is 46.5 Å². The summed E-state index contributed by atoms with van der Waals surface area (Å²) in [5.41, 5.74) is -0.405. The van der Waals surface area contributed by atoms with Crippen LogP contribution in [0.4, 0.5) is 4.79 Å². The van der Waals surface area contributed by atoms with Gasteiger partial charge < -0.3 is 19.6 Å². The Morgan fingerprint density at radius 3 is 2.09 bits per heavy atom. The zero-order chi connectivity index (χ0) is 16.3. The molecule has 0 radical (unpaired) electrons. The van der Waals surface area contributed by atoms with Crippen LogP contribution in [0.3, 0.4) is 0 Å². The summed E-state index contributed by atoms with van der Waals surface area (Å²) in [5, 5.41) is 9.48. The summed E-state index contributed by atoms with van der Waals surface area (Å²) >= 11 is 0. The van der Waals surface area contributed by atoms with E-state index in [4.69, 9.17) is 4.74 Å². The molecule has 22 heavy (non-hydrogen) atoms. The van der Waals surface area contributed by atoms with Gasteiger partial charge in [-0.25, -0.2) is 4.79 Å². The number of hydrogen-bond acceptors (Lipinski definition) is 3. The first kappa shape index (κ1) is 17.1. The average Bonchev–Trinajstić information content (AvgIpc) is 2.46. The van der Waals surface area contributed by atoms with Crippen LogP contribution in [-0.2, 0) is 9.53 Å². The van der Waals surface area contributed by atoms with Gasteiger partial charge in [-0.05, 0) is 46.5 Å². The zero-order valence-corrected chi connectivity index (χ0v) is 13.9. The third-order valence-corrected chi connectivity index (χ3v) is 4.66. The van der Waals surface area contributed by atoms with E-state index in [1.807, 2.05) is 25.7 Å². The van der Waals surface area contributed by atoms with E-state index < -0.39 is 11.6 Å². The minimum Gasteiger partial charge on any atom is -0.465 e. The minimum absolute atomic E-state index is 0.0197. The van der Waals surface area contributed by atoms with Crippen LogP contribution < -0.4 is 0 Å². The molecule has 2 rings (SSSR count). The second kappa shape index (κ2) is 6.86. The molecule has 1 saturated heterocycles. The predicted octanol–water partition coefficient (Wildman–Crippen LogP) is 2.18. The first-order chi connectivity index (χ1) is 10.3. The second-order valence-electron chi connectivity index (χ2n) is 7.27. The first-order valence-electron chi connectivity index (χ1n) is 8.19. The van der Waals surface area contributed by atoms with Crippen LogP contribution in [-0.4, -0.2) is 64.8 Å². The maximum atomic E-state index is 12.5. The topological polar surface area (TPSA) is 70.1 Å². The van der Waals surface area contributed by atoms with Crippen LogP contribution >= 0.6 is 0 Å². The van der Waals surface area contributed by atoms with Gasteiger partial charge in [-0.2, -0.15) is 0 Å². The van der Waals surface area contributed by atoms with Crippen LogP contribution in [0.2, 0.25) is 0 Å². The van der Waals surface area contributed by atoms with E-state index in [-0.39, 0.29) is 17.9 Å². The van der Waals surface area contributed by atoms with Crippen molar-refractivity contribution in [1.82, 2.24) is 9.80 Å². The van der Waals surface area contributed by atoms with Gasteiger partial charge in [0.2, 0.25) is 5.91 Å². The van der Waals surface area contributed by atoms with E-state index in [9.17, 15) is 14.7 Å². The molecule has 2 aliphatic rings. The third kappa shape index (κ3) is 3.91. The van der Waals surface area contributed by atoms with Crippen molar-refractivity contribution in [3.8, 4) is 0 Å². The molecule has 6 heteroatoms. The van der Waals surface area contributed by atoms with Crippen LogP contribution in [0.5, 0.6) is 0 Å². The Bertz CT molecular complexity index is 405. The zero-order valence-electron chi connectivity index (χ0n) is 13.9. The van der Waals surface area contributed by atoms with E-state index >= 15 is 0 Å². The van der Waals surface area contributed by atoms with Crippen molar-refractivity contribution in [2.75, 3.05) is 26.3 Å². The number of hydrogen-bond donors (Lipinski definition) is 1. The fourth-order valence-electron chi connectivity index (χ4n) is 3.61. The smallest absolute Gasteiger partial charge is 0.407 e. The molecule has 0 aromatic heterocycles. The number of carbonyl (C=O) groups excluding carboxylic acids is 1. The Kier molecular flexibility index (Phi) is 5.32. The second-order valence-corrected chi connectivity index (χ2v) is 7.27. The lowest BCUT2D eigenvalue weighted by atomic mass is 9.83. The number of nitrogens with zero attached hydrogens (tertiary/aromatic N) is 2. The molecular formula is C16H28N2O4. The monoisotopic (exact) mass is 312 g/mol. The number of carbonyl (C=O) groups is 2. The molecule has 2 amide bonds. The molecule has 0 atom stereocenters. The first-order valence-corrected chi connectivity index (χ1v) is 8.19. The van der Waals surface area contributed by atoms with Crippen molar-refractivity contribution in [2.45, 2.75) is 58.0 Å². The molecule has 0 bridgehead atoms. The standard InChI is InChI=1S/C16H28N2O4/c1-16(2,3)18(15(20)21)13-6-4-12(5-7-13)14(19)17-8-10-22-11-9-17/h12-13H,4-11H2,1-3H3,(H,20,21). The Hall–Kier alpha value is -1.30. The molecular weight excluding hydrogens is 284 g/mol. The molecule has 6 nitrogen and oxygen atoms in total. The third-order valence-electron chi connectivity index (χ3n) is 4.66. The van der Waals surface area contributed by atoms with E-state index in [2.05, 4.69) is 0 Å². The fraction of sp³-hybridized carbons (Fsp3) is 0.875. The molecule has 2 fully saturated rings. The van der Waals surface area contributed by atoms with Gasteiger partial charge in [0, 0.05) is 30.6 Å². The molecule has 1 aliphatic carbocycles. The van der Waals surface area contributed by atoms with Crippen molar-refractivity contribution in [2.24, 2.45) is 5.92 Å². The Labute approximate surface area is 132 Å². The van der Waals surface area contributed by atoms with Crippen molar-refractivity contribution >= 4 is 12.0 Å². The Morgan fingerprint density at radius 2 is 1.64 bits per heavy atom. The van der Waals surface area contributed by atoms with Gasteiger partial charge in [0.25, 0.3) is 0 Å². The molecule has 0 aromatic carbocycles. The number of carboxylic acid groups (broad SMARTS) is 1. The highest BCUT2D eigenvalue weighted by Gasteiger charge is 2.37. The van der Waals surface area contributed by atoms with E-state index in [0.717, 1.165) is 25.7 Å². The van der Waals surface area contributed by atoms with Crippen LogP contribution in [0.15, 0.2) is 0 Å². The number of morpholine rings is 1. The molecule has 0 unspecified atom stereocenters. The van der Waals surface area contributed by atoms with Gasteiger partial charge in [-0.3, -0.25) is 4.79 Å². The highest BCUT2D eigenvalue weighted by molar-refractivity contribution is 5.79. The maximum Gasteiger partial charge on any atom is 0.407 e. The lowest BCUT2D eigenvalue weighted by molar-refractivity contribution is -0.141. The van der Waals surface area contributed by atoms with E-state index in [1.54, 1.807) is 4.90 Å². The van der Waals surface area contributed by atoms with E-state index in [0.29, 0.717) is 26.3 Å². The largest absolute Gasteiger partial charge is 0.465 e. The average molecular weight is 312 g/mol. The van der Waals surface area contributed by atoms with Crippen molar-refractivity contribution in [1.29, 1.82) is 0 Å². The van der Waals surface area contributed by atoms with Crippen LogP contribution in [0.25, 0.3) is 0 Å². The van der Waals surface area contributed by atoms with Gasteiger partial charge in [-0.15, -0.1) is 0 Å². The summed E-state index contributed by atoms with van der Waals surface area (Å²) in [7, 11) is 0. The van der Waals surface area contributed by atoms with E-state index in [1.165, 1.54) is 0 Å². The molecule has 1 N–H and O–H groups in total. The summed E-state index contributed by atoms with van der Waals surface area (Å²) in [5.74, 6) is 0.268. The van der Waals surface area contributed by atoms with Crippen molar-refractivity contribution in [3.05, 3.63) is 0 Å². The summed E-state index contributed by atoms with van der Waals surface area (Å²) < 4.78 is 5.28. The summed E-state index contributed by atoms with van der Waals surface area (Å²) in [6, 6.07) is 0.0197. The van der Waals surface area contributed by atoms with Crippen molar-refractivity contribution < 1.29 is 19.4 Å². The number of rotatable bonds is 2. The highest BCUT2D eigenvalue weighted by atomic mass is 16.5. The fourth-order valence-corrected chi connectivity index (χ4v) is 3.61.